The molecule has 22 heavy (non-hydrogen) atoms. The van der Waals surface area contributed by atoms with Crippen molar-refractivity contribution in [3.8, 4) is 5.75 Å². The standard InChI is InChI=1S/C17H26N2O.2ClH/c1-2-20-16-5-3-4-15(13-16)17(12-14-6-7-14)19-10-8-18-9-11-19;;/h3-5,13-14,17-18H,2,6-12H2,1H3;2*1H/t17-;;/m0../s1. The van der Waals surface area contributed by atoms with Crippen LogP contribution < -0.4 is 10.1 Å². The van der Waals surface area contributed by atoms with Crippen molar-refractivity contribution in [2.75, 3.05) is 32.8 Å². The van der Waals surface area contributed by atoms with E-state index in [9.17, 15) is 0 Å². The van der Waals surface area contributed by atoms with Gasteiger partial charge in [-0.25, -0.2) is 0 Å². The summed E-state index contributed by atoms with van der Waals surface area (Å²) in [4.78, 5) is 2.65. The second-order valence-electron chi connectivity index (χ2n) is 5.99. The molecule has 3 rings (SSSR count). The van der Waals surface area contributed by atoms with E-state index in [0.717, 1.165) is 44.5 Å². The van der Waals surface area contributed by atoms with E-state index in [4.69, 9.17) is 4.74 Å². The fourth-order valence-corrected chi connectivity index (χ4v) is 3.14. The number of nitrogens with zero attached hydrogens (tertiary/aromatic N) is 1. The Balaban J connectivity index is 0.00000121. The van der Waals surface area contributed by atoms with Gasteiger partial charge in [0.1, 0.15) is 5.75 Å². The third-order valence-corrected chi connectivity index (χ3v) is 4.40. The molecule has 1 atom stereocenters. The van der Waals surface area contributed by atoms with Crippen LogP contribution in [-0.4, -0.2) is 37.7 Å². The Bertz CT molecular complexity index is 434. The van der Waals surface area contributed by atoms with E-state index < -0.39 is 0 Å². The molecule has 1 aromatic rings. The summed E-state index contributed by atoms with van der Waals surface area (Å²) in [6.07, 6.45) is 4.16. The number of ether oxygens (including phenoxy) is 1. The normalized spacial score (nSPS) is 19.7. The molecule has 126 valence electrons. The smallest absolute Gasteiger partial charge is 0.119 e. The van der Waals surface area contributed by atoms with E-state index in [1.165, 1.54) is 24.8 Å². The first-order valence-corrected chi connectivity index (χ1v) is 8.04. The number of hydrogen-bond donors (Lipinski definition) is 1. The Hall–Kier alpha value is -0.480. The number of hydrogen-bond acceptors (Lipinski definition) is 3. The largest absolute Gasteiger partial charge is 0.494 e. The van der Waals surface area contributed by atoms with Crippen molar-refractivity contribution in [1.29, 1.82) is 0 Å². The van der Waals surface area contributed by atoms with Crippen LogP contribution in [0.2, 0.25) is 0 Å². The van der Waals surface area contributed by atoms with Crippen LogP contribution in [0, 0.1) is 5.92 Å². The summed E-state index contributed by atoms with van der Waals surface area (Å²) in [5.74, 6) is 1.96. The summed E-state index contributed by atoms with van der Waals surface area (Å²) in [5, 5.41) is 3.46. The number of piperazine rings is 1. The number of rotatable bonds is 6. The lowest BCUT2D eigenvalue weighted by atomic mass is 9.98. The first kappa shape index (κ1) is 19.6. The lowest BCUT2D eigenvalue weighted by Gasteiger charge is -2.35. The molecular weight excluding hydrogens is 319 g/mol. The number of nitrogens with one attached hydrogen (secondary N) is 1. The van der Waals surface area contributed by atoms with Crippen LogP contribution in [0.25, 0.3) is 0 Å². The molecule has 0 aromatic heterocycles. The zero-order valence-electron chi connectivity index (χ0n) is 13.3. The summed E-state index contributed by atoms with van der Waals surface area (Å²) < 4.78 is 5.67. The summed E-state index contributed by atoms with van der Waals surface area (Å²) in [5.41, 5.74) is 1.43. The highest BCUT2D eigenvalue weighted by Gasteiger charge is 2.30. The lowest BCUT2D eigenvalue weighted by molar-refractivity contribution is 0.160. The second-order valence-corrected chi connectivity index (χ2v) is 5.99. The fourth-order valence-electron chi connectivity index (χ4n) is 3.14. The Kier molecular flexibility index (Phi) is 8.55. The molecule has 2 fully saturated rings. The Labute approximate surface area is 146 Å². The summed E-state index contributed by atoms with van der Waals surface area (Å²) >= 11 is 0. The molecule has 3 nitrogen and oxygen atoms in total. The van der Waals surface area contributed by atoms with Crippen molar-refractivity contribution >= 4 is 24.8 Å². The van der Waals surface area contributed by atoms with Crippen molar-refractivity contribution in [3.05, 3.63) is 29.8 Å². The number of benzene rings is 1. The van der Waals surface area contributed by atoms with E-state index in [1.54, 1.807) is 0 Å². The fraction of sp³-hybridized carbons (Fsp3) is 0.647. The molecule has 5 heteroatoms. The topological polar surface area (TPSA) is 24.5 Å². The average molecular weight is 347 g/mol. The molecule has 1 saturated heterocycles. The van der Waals surface area contributed by atoms with Crippen LogP contribution in [0.3, 0.4) is 0 Å². The highest BCUT2D eigenvalue weighted by Crippen LogP contribution is 2.40. The quantitative estimate of drug-likeness (QED) is 0.850. The molecule has 1 aliphatic carbocycles. The SMILES string of the molecule is CCOc1cccc([C@H](CC2CC2)N2CCNCC2)c1.Cl.Cl. The minimum Gasteiger partial charge on any atom is -0.494 e. The van der Waals surface area contributed by atoms with Gasteiger partial charge in [-0.15, -0.1) is 24.8 Å². The molecule has 1 saturated carbocycles. The van der Waals surface area contributed by atoms with Crippen LogP contribution >= 0.6 is 24.8 Å². The summed E-state index contributed by atoms with van der Waals surface area (Å²) in [6.45, 7) is 7.35. The van der Waals surface area contributed by atoms with Crippen LogP contribution in [0.15, 0.2) is 24.3 Å². The predicted octanol–water partition coefficient (Wildman–Crippen LogP) is 3.68. The monoisotopic (exact) mass is 346 g/mol. The van der Waals surface area contributed by atoms with Crippen molar-refractivity contribution in [1.82, 2.24) is 10.2 Å². The molecule has 0 bridgehead atoms. The second kappa shape index (κ2) is 9.61. The highest BCUT2D eigenvalue weighted by atomic mass is 35.5. The zero-order chi connectivity index (χ0) is 13.8. The molecule has 0 amide bonds. The van der Waals surface area contributed by atoms with Gasteiger partial charge in [-0.05, 0) is 37.0 Å². The van der Waals surface area contributed by atoms with E-state index in [0.29, 0.717) is 6.04 Å². The molecule has 1 heterocycles. The van der Waals surface area contributed by atoms with Crippen LogP contribution in [0.1, 0.15) is 37.8 Å². The maximum atomic E-state index is 5.67. The molecule has 0 unspecified atom stereocenters. The van der Waals surface area contributed by atoms with Gasteiger partial charge in [-0.2, -0.15) is 0 Å². The van der Waals surface area contributed by atoms with E-state index in [1.807, 2.05) is 6.92 Å². The van der Waals surface area contributed by atoms with Crippen molar-refractivity contribution in [2.24, 2.45) is 5.92 Å². The van der Waals surface area contributed by atoms with Gasteiger partial charge in [0.15, 0.2) is 0 Å². The summed E-state index contributed by atoms with van der Waals surface area (Å²) in [6, 6.07) is 9.31. The van der Waals surface area contributed by atoms with Crippen LogP contribution in [-0.2, 0) is 0 Å². The molecular formula is C17H28Cl2N2O. The van der Waals surface area contributed by atoms with Gasteiger partial charge < -0.3 is 10.1 Å². The maximum Gasteiger partial charge on any atom is 0.119 e. The maximum absolute atomic E-state index is 5.67. The first-order chi connectivity index (χ1) is 9.86. The molecule has 1 aromatic carbocycles. The third kappa shape index (κ3) is 5.31. The third-order valence-electron chi connectivity index (χ3n) is 4.40. The average Bonchev–Trinajstić information content (AvgIpc) is 3.30. The van der Waals surface area contributed by atoms with E-state index >= 15 is 0 Å². The van der Waals surface area contributed by atoms with E-state index in [2.05, 4.69) is 34.5 Å². The van der Waals surface area contributed by atoms with E-state index in [-0.39, 0.29) is 24.8 Å². The molecule has 1 aliphatic heterocycles. The number of halogens is 2. The summed E-state index contributed by atoms with van der Waals surface area (Å²) in [7, 11) is 0. The minimum absolute atomic E-state index is 0. The first-order valence-electron chi connectivity index (χ1n) is 8.04. The van der Waals surface area contributed by atoms with Crippen molar-refractivity contribution in [3.63, 3.8) is 0 Å². The lowest BCUT2D eigenvalue weighted by Crippen LogP contribution is -2.45. The molecule has 1 N–H and O–H groups in total. The van der Waals surface area contributed by atoms with Crippen LogP contribution in [0.4, 0.5) is 0 Å². The van der Waals surface area contributed by atoms with Gasteiger partial charge in [0.2, 0.25) is 0 Å². The Morgan fingerprint density at radius 1 is 1.23 bits per heavy atom. The van der Waals surface area contributed by atoms with Gasteiger partial charge in [0.25, 0.3) is 0 Å². The van der Waals surface area contributed by atoms with Crippen molar-refractivity contribution < 1.29 is 4.74 Å². The minimum atomic E-state index is 0. The van der Waals surface area contributed by atoms with Gasteiger partial charge in [0, 0.05) is 32.2 Å². The molecule has 0 spiro atoms. The Morgan fingerprint density at radius 3 is 2.59 bits per heavy atom. The molecule has 2 aliphatic rings. The predicted molar refractivity (Wildman–Crippen MR) is 96.6 cm³/mol. The van der Waals surface area contributed by atoms with Crippen LogP contribution in [0.5, 0.6) is 5.75 Å². The Morgan fingerprint density at radius 2 is 1.95 bits per heavy atom. The van der Waals surface area contributed by atoms with Gasteiger partial charge in [-0.1, -0.05) is 25.0 Å². The highest BCUT2D eigenvalue weighted by molar-refractivity contribution is 5.85. The van der Waals surface area contributed by atoms with Gasteiger partial charge >= 0.3 is 0 Å². The molecule has 0 radical (unpaired) electrons. The van der Waals surface area contributed by atoms with Crippen molar-refractivity contribution in [2.45, 2.75) is 32.2 Å². The van der Waals surface area contributed by atoms with Gasteiger partial charge in [0.05, 0.1) is 6.61 Å². The zero-order valence-corrected chi connectivity index (χ0v) is 14.9. The van der Waals surface area contributed by atoms with Gasteiger partial charge in [-0.3, -0.25) is 4.90 Å².